The lowest BCUT2D eigenvalue weighted by Crippen LogP contribution is -2.29. The van der Waals surface area contributed by atoms with E-state index in [0.717, 1.165) is 39.7 Å². The number of hydrogen-bond acceptors (Lipinski definition) is 4. The Morgan fingerprint density at radius 2 is 1.00 bits per heavy atom. The molecule has 0 N–H and O–H groups in total. The molecule has 7 aromatic carbocycles. The average molecular weight is 1050 g/mol. The van der Waals surface area contributed by atoms with Gasteiger partial charge in [-0.1, -0.05) is 221 Å². The third-order valence-corrected chi connectivity index (χ3v) is 16.9. The number of nitrogens with zero attached hydrogens (tertiary/aromatic N) is 4. The maximum Gasteiger partial charge on any atom is 0.137 e. The molecule has 0 fully saturated rings. The summed E-state index contributed by atoms with van der Waals surface area (Å²) in [6, 6.07) is 60.9. The number of fused-ring (bicyclic) bond motifs is 3. The van der Waals surface area contributed by atoms with Gasteiger partial charge in [-0.05, 0) is 127 Å². The van der Waals surface area contributed by atoms with E-state index in [-0.39, 0.29) is 27.1 Å². The second-order valence-electron chi connectivity index (χ2n) is 27.1. The SMILES string of the molecule is CC(C)c1cccc(C(C)C)c1C1=CN(c2cc(C(C)(C)c3ccccc3)cc(C(C)(C)c3ccccc3)c2)CN1c1cc(Oc2cc(C(C)(C)C)c3c4ccccc4n(-c4cc(C(C)(C)C)ccn4)c3c2)cc(C(C)(C)C)c1. The Balaban J connectivity index is 1.18. The second kappa shape index (κ2) is 20.4. The number of hydrogen-bond donors (Lipinski definition) is 0. The fourth-order valence-corrected chi connectivity index (χ4v) is 11.8. The van der Waals surface area contributed by atoms with Crippen molar-refractivity contribution in [3.05, 3.63) is 232 Å². The first-order valence-electron chi connectivity index (χ1n) is 28.8. The van der Waals surface area contributed by atoms with E-state index in [1.165, 1.54) is 72.1 Å². The molecule has 5 nitrogen and oxygen atoms in total. The molecule has 0 saturated carbocycles. The van der Waals surface area contributed by atoms with Crippen LogP contribution in [0.2, 0.25) is 0 Å². The Kier molecular flexibility index (Phi) is 14.2. The van der Waals surface area contributed by atoms with E-state index < -0.39 is 0 Å². The molecule has 9 aromatic rings. The highest BCUT2D eigenvalue weighted by Crippen LogP contribution is 2.47. The van der Waals surface area contributed by atoms with Crippen molar-refractivity contribution in [2.24, 2.45) is 0 Å². The van der Waals surface area contributed by atoms with Crippen molar-refractivity contribution >= 4 is 38.9 Å². The van der Waals surface area contributed by atoms with Crippen molar-refractivity contribution in [2.75, 3.05) is 16.5 Å². The Hall–Kier alpha value is -7.37. The van der Waals surface area contributed by atoms with Crippen molar-refractivity contribution in [3.8, 4) is 17.3 Å². The molecule has 3 heterocycles. The monoisotopic (exact) mass is 1040 g/mol. The molecule has 0 aliphatic carbocycles. The van der Waals surface area contributed by atoms with Crippen molar-refractivity contribution in [1.29, 1.82) is 0 Å². The molecule has 0 amide bonds. The summed E-state index contributed by atoms with van der Waals surface area (Å²) in [5, 5.41) is 2.44. The predicted molar refractivity (Wildman–Crippen MR) is 337 cm³/mol. The highest BCUT2D eigenvalue weighted by atomic mass is 16.5. The first-order valence-corrected chi connectivity index (χ1v) is 28.8. The van der Waals surface area contributed by atoms with E-state index in [4.69, 9.17) is 9.72 Å². The summed E-state index contributed by atoms with van der Waals surface area (Å²) in [5.74, 6) is 3.09. The fourth-order valence-electron chi connectivity index (χ4n) is 11.8. The van der Waals surface area contributed by atoms with E-state index in [9.17, 15) is 0 Å². The molecular formula is C74H84N4O. The van der Waals surface area contributed by atoms with Gasteiger partial charge in [-0.15, -0.1) is 0 Å². The number of rotatable bonds is 12. The number of pyridine rings is 1. The Bertz CT molecular complexity index is 3640. The van der Waals surface area contributed by atoms with Gasteiger partial charge in [0.1, 0.15) is 17.3 Å². The zero-order valence-electron chi connectivity index (χ0n) is 50.3. The van der Waals surface area contributed by atoms with Crippen LogP contribution in [0.3, 0.4) is 0 Å². The van der Waals surface area contributed by atoms with Crippen LogP contribution in [0, 0.1) is 0 Å². The minimum Gasteiger partial charge on any atom is -0.457 e. The van der Waals surface area contributed by atoms with Gasteiger partial charge in [0.2, 0.25) is 0 Å². The van der Waals surface area contributed by atoms with Gasteiger partial charge in [0.15, 0.2) is 0 Å². The fraction of sp³-hybridized carbons (Fsp3) is 0.338. The molecule has 0 spiro atoms. The van der Waals surface area contributed by atoms with Crippen molar-refractivity contribution < 1.29 is 4.74 Å². The molecule has 79 heavy (non-hydrogen) atoms. The maximum atomic E-state index is 7.40. The summed E-state index contributed by atoms with van der Waals surface area (Å²) >= 11 is 0. The van der Waals surface area contributed by atoms with E-state index in [1.54, 1.807) is 0 Å². The molecule has 10 rings (SSSR count). The van der Waals surface area contributed by atoms with Gasteiger partial charge in [0.25, 0.3) is 0 Å². The highest BCUT2D eigenvalue weighted by molar-refractivity contribution is 6.11. The molecule has 0 saturated heterocycles. The molecule has 1 aliphatic heterocycles. The number of benzene rings is 7. The normalized spacial score (nSPS) is 13.8. The van der Waals surface area contributed by atoms with Crippen LogP contribution >= 0.6 is 0 Å². The topological polar surface area (TPSA) is 33.5 Å². The van der Waals surface area contributed by atoms with Gasteiger partial charge >= 0.3 is 0 Å². The van der Waals surface area contributed by atoms with Crippen LogP contribution in [0.4, 0.5) is 11.4 Å². The third kappa shape index (κ3) is 10.5. The molecule has 0 atom stereocenters. The van der Waals surface area contributed by atoms with Gasteiger partial charge in [-0.3, -0.25) is 4.57 Å². The van der Waals surface area contributed by atoms with Crippen LogP contribution < -0.4 is 14.5 Å². The molecule has 5 heteroatoms. The molecule has 0 bridgehead atoms. The van der Waals surface area contributed by atoms with Crippen LogP contribution in [0.1, 0.15) is 185 Å². The van der Waals surface area contributed by atoms with E-state index in [1.807, 2.05) is 6.20 Å². The van der Waals surface area contributed by atoms with Gasteiger partial charge in [-0.2, -0.15) is 0 Å². The average Bonchev–Trinajstić information content (AvgIpc) is 3.70. The van der Waals surface area contributed by atoms with Gasteiger partial charge in [-0.25, -0.2) is 4.98 Å². The lowest BCUT2D eigenvalue weighted by molar-refractivity contribution is 0.476. The van der Waals surface area contributed by atoms with Gasteiger partial charge in [0, 0.05) is 63.1 Å². The van der Waals surface area contributed by atoms with Crippen molar-refractivity contribution in [1.82, 2.24) is 9.55 Å². The standard InChI is InChI=1S/C74H84N4O/c1-48(2)60-32-26-33-61(49(3)4)68(60)66-46-76(56-39-54(73(14,15)50-27-20-18-21-28-50)37-55(40-56)74(16,17)51-29-22-19-23-30-51)47-77(66)57-38-53(71(8,9)10)41-58(43-57)79-59-44-63(72(11,12)13)69-62-31-24-25-34-64(62)78(65(69)45-59)67-42-52(35-36-75-67)70(5,6)7/h18-46,48-49H,47H2,1-17H3. The van der Waals surface area contributed by atoms with Crippen LogP contribution in [-0.4, -0.2) is 16.2 Å². The zero-order chi connectivity index (χ0) is 56.6. The molecule has 1 aliphatic rings. The van der Waals surface area contributed by atoms with Gasteiger partial charge in [0.05, 0.1) is 23.4 Å². The predicted octanol–water partition coefficient (Wildman–Crippen LogP) is 20.0. The zero-order valence-corrected chi connectivity index (χ0v) is 50.3. The molecule has 2 aromatic heterocycles. The van der Waals surface area contributed by atoms with E-state index in [2.05, 4.69) is 302 Å². The van der Waals surface area contributed by atoms with E-state index >= 15 is 0 Å². The minimum absolute atomic E-state index is 0.0444. The summed E-state index contributed by atoms with van der Waals surface area (Å²) in [5.41, 5.74) is 17.5. The quantitative estimate of drug-likeness (QED) is 0.122. The molecule has 0 radical (unpaired) electrons. The summed E-state index contributed by atoms with van der Waals surface area (Å²) in [6.45, 7) is 40.1. The van der Waals surface area contributed by atoms with Crippen LogP contribution in [0.15, 0.2) is 176 Å². The lowest BCUT2D eigenvalue weighted by Gasteiger charge is -2.33. The number of anilines is 2. The molecule has 0 unspecified atom stereocenters. The van der Waals surface area contributed by atoms with Crippen molar-refractivity contribution in [3.63, 3.8) is 0 Å². The summed E-state index contributed by atoms with van der Waals surface area (Å²) in [4.78, 5) is 10.1. The van der Waals surface area contributed by atoms with Crippen LogP contribution in [0.25, 0.3) is 33.3 Å². The summed E-state index contributed by atoms with van der Waals surface area (Å²) < 4.78 is 9.74. The summed E-state index contributed by atoms with van der Waals surface area (Å²) in [7, 11) is 0. The lowest BCUT2D eigenvalue weighted by atomic mass is 9.73. The molecular weight excluding hydrogens is 961 g/mol. The van der Waals surface area contributed by atoms with Crippen molar-refractivity contribution in [2.45, 2.75) is 157 Å². The molecule has 406 valence electrons. The van der Waals surface area contributed by atoms with Gasteiger partial charge < -0.3 is 14.5 Å². The van der Waals surface area contributed by atoms with Crippen LogP contribution in [0.5, 0.6) is 11.5 Å². The number of aromatic nitrogens is 2. The Morgan fingerprint density at radius 3 is 1.56 bits per heavy atom. The Labute approximate surface area is 473 Å². The largest absolute Gasteiger partial charge is 0.457 e. The number of para-hydroxylation sites is 1. The van der Waals surface area contributed by atoms with Crippen LogP contribution in [-0.2, 0) is 27.1 Å². The minimum atomic E-state index is -0.274. The smallest absolute Gasteiger partial charge is 0.137 e. The first kappa shape index (κ1) is 55.0. The number of ether oxygens (including phenoxy) is 1. The Morgan fingerprint density at radius 1 is 0.456 bits per heavy atom. The van der Waals surface area contributed by atoms with E-state index in [0.29, 0.717) is 18.5 Å². The third-order valence-electron chi connectivity index (χ3n) is 16.9. The highest BCUT2D eigenvalue weighted by Gasteiger charge is 2.35. The second-order valence-corrected chi connectivity index (χ2v) is 27.1. The summed E-state index contributed by atoms with van der Waals surface area (Å²) in [6.07, 6.45) is 4.40. The first-order chi connectivity index (χ1) is 37.2. The maximum absolute atomic E-state index is 7.40.